The molecule has 0 fully saturated rings. The molecule has 0 amide bonds. The Bertz CT molecular complexity index is 551. The molecule has 0 aliphatic heterocycles. The van der Waals surface area contributed by atoms with Crippen LogP contribution in [-0.4, -0.2) is 49.6 Å². The molecule has 0 aliphatic rings. The van der Waals surface area contributed by atoms with E-state index in [0.29, 0.717) is 24.6 Å². The van der Waals surface area contributed by atoms with Crippen molar-refractivity contribution in [1.82, 2.24) is 15.5 Å². The lowest BCUT2D eigenvalue weighted by molar-refractivity contribution is 0.292. The molecule has 1 rings (SSSR count). The molecule has 0 saturated carbocycles. The van der Waals surface area contributed by atoms with Crippen LogP contribution in [0.1, 0.15) is 46.1 Å². The molecule has 0 heterocycles. The van der Waals surface area contributed by atoms with Crippen molar-refractivity contribution in [3.63, 3.8) is 0 Å². The van der Waals surface area contributed by atoms with Crippen LogP contribution in [0.15, 0.2) is 23.2 Å². The highest BCUT2D eigenvalue weighted by atomic mass is 127. The number of benzene rings is 1. The Kier molecular flexibility index (Phi) is 14.5. The van der Waals surface area contributed by atoms with Crippen LogP contribution in [0.3, 0.4) is 0 Å². The molecule has 4 nitrogen and oxygen atoms in total. The van der Waals surface area contributed by atoms with Crippen LogP contribution < -0.4 is 10.6 Å². The van der Waals surface area contributed by atoms with Crippen LogP contribution in [0.2, 0.25) is 0 Å². The smallest absolute Gasteiger partial charge is 0.191 e. The van der Waals surface area contributed by atoms with Crippen LogP contribution in [0.5, 0.6) is 0 Å². The van der Waals surface area contributed by atoms with E-state index in [4.69, 9.17) is 0 Å². The van der Waals surface area contributed by atoms with Gasteiger partial charge in [0.1, 0.15) is 11.6 Å². The van der Waals surface area contributed by atoms with Gasteiger partial charge in [-0.2, -0.15) is 0 Å². The van der Waals surface area contributed by atoms with Gasteiger partial charge in [0.05, 0.1) is 0 Å². The van der Waals surface area contributed by atoms with Crippen molar-refractivity contribution in [2.75, 3.05) is 32.7 Å². The molecule has 1 atom stereocenters. The van der Waals surface area contributed by atoms with Crippen LogP contribution >= 0.6 is 24.0 Å². The van der Waals surface area contributed by atoms with E-state index in [2.05, 4.69) is 41.3 Å². The summed E-state index contributed by atoms with van der Waals surface area (Å²) >= 11 is 0. The maximum absolute atomic E-state index is 13.7. The molecular weight excluding hydrogens is 461 g/mol. The Morgan fingerprint density at radius 3 is 2.52 bits per heavy atom. The van der Waals surface area contributed by atoms with Gasteiger partial charge < -0.3 is 15.5 Å². The molecule has 0 aromatic heterocycles. The van der Waals surface area contributed by atoms with Gasteiger partial charge in [-0.05, 0) is 76.5 Å². The first-order chi connectivity index (χ1) is 12.5. The van der Waals surface area contributed by atoms with Crippen molar-refractivity contribution >= 4 is 29.9 Å². The van der Waals surface area contributed by atoms with Crippen LogP contribution in [-0.2, 0) is 6.42 Å². The Morgan fingerprint density at radius 2 is 1.89 bits per heavy atom. The van der Waals surface area contributed by atoms with E-state index in [-0.39, 0.29) is 29.8 Å². The predicted molar refractivity (Wildman–Crippen MR) is 121 cm³/mol. The fourth-order valence-electron chi connectivity index (χ4n) is 2.81. The first-order valence-corrected chi connectivity index (χ1v) is 9.71. The van der Waals surface area contributed by atoms with Gasteiger partial charge in [0.25, 0.3) is 0 Å². The van der Waals surface area contributed by atoms with Crippen molar-refractivity contribution in [1.29, 1.82) is 0 Å². The van der Waals surface area contributed by atoms with Gasteiger partial charge in [-0.3, -0.25) is 4.99 Å². The second-order valence-electron chi connectivity index (χ2n) is 6.46. The van der Waals surface area contributed by atoms with E-state index >= 15 is 0 Å². The number of nitrogens with one attached hydrogen (secondary N) is 2. The zero-order valence-corrected chi connectivity index (χ0v) is 19.4. The fourth-order valence-corrected chi connectivity index (χ4v) is 2.81. The predicted octanol–water partition coefficient (Wildman–Crippen LogP) is 4.19. The lowest BCUT2D eigenvalue weighted by Crippen LogP contribution is -2.42. The molecule has 0 bridgehead atoms. The minimum absolute atomic E-state index is 0. The average Bonchev–Trinajstić information content (AvgIpc) is 2.62. The van der Waals surface area contributed by atoms with E-state index in [9.17, 15) is 8.78 Å². The third-order valence-electron chi connectivity index (χ3n) is 4.39. The number of halogens is 3. The van der Waals surface area contributed by atoms with E-state index < -0.39 is 5.82 Å². The maximum atomic E-state index is 13.7. The standard InChI is InChI=1S/C20H34F2N4.HI/c1-5-23-20(25-16(4)9-8-14-26(6-2)7-3)24-13-12-17-15-18(21)10-11-19(17)22;/h10-11,15-16H,5-9,12-14H2,1-4H3,(H2,23,24,25);1H. The average molecular weight is 496 g/mol. The highest BCUT2D eigenvalue weighted by Crippen LogP contribution is 2.10. The van der Waals surface area contributed by atoms with E-state index in [0.717, 1.165) is 57.1 Å². The number of rotatable bonds is 11. The molecule has 27 heavy (non-hydrogen) atoms. The molecule has 2 N–H and O–H groups in total. The molecule has 1 aromatic rings. The highest BCUT2D eigenvalue weighted by molar-refractivity contribution is 14.0. The Hall–Kier alpha value is -0.960. The van der Waals surface area contributed by atoms with Gasteiger partial charge in [-0.1, -0.05) is 13.8 Å². The first-order valence-electron chi connectivity index (χ1n) is 9.71. The zero-order valence-electron chi connectivity index (χ0n) is 17.0. The summed E-state index contributed by atoms with van der Waals surface area (Å²) in [6.45, 7) is 12.9. The summed E-state index contributed by atoms with van der Waals surface area (Å²) in [5.41, 5.74) is 0.358. The Morgan fingerprint density at radius 1 is 1.19 bits per heavy atom. The topological polar surface area (TPSA) is 39.7 Å². The van der Waals surface area contributed by atoms with E-state index in [1.807, 2.05) is 6.92 Å². The third kappa shape index (κ3) is 10.8. The molecule has 1 unspecified atom stereocenters. The minimum Gasteiger partial charge on any atom is -0.357 e. The van der Waals surface area contributed by atoms with Crippen molar-refractivity contribution in [2.24, 2.45) is 4.99 Å². The van der Waals surface area contributed by atoms with Crippen molar-refractivity contribution in [3.05, 3.63) is 35.4 Å². The van der Waals surface area contributed by atoms with Crippen molar-refractivity contribution in [3.8, 4) is 0 Å². The monoisotopic (exact) mass is 496 g/mol. The lowest BCUT2D eigenvalue weighted by atomic mass is 10.1. The summed E-state index contributed by atoms with van der Waals surface area (Å²) in [6.07, 6.45) is 2.56. The van der Waals surface area contributed by atoms with Gasteiger partial charge in [0.15, 0.2) is 5.96 Å². The van der Waals surface area contributed by atoms with E-state index in [1.54, 1.807) is 0 Å². The summed E-state index contributed by atoms with van der Waals surface area (Å²) in [4.78, 5) is 6.91. The largest absolute Gasteiger partial charge is 0.357 e. The number of aliphatic imine (C=N–C) groups is 1. The summed E-state index contributed by atoms with van der Waals surface area (Å²) in [7, 11) is 0. The highest BCUT2D eigenvalue weighted by Gasteiger charge is 2.07. The lowest BCUT2D eigenvalue weighted by Gasteiger charge is -2.21. The molecule has 1 aromatic carbocycles. The quantitative estimate of drug-likeness (QED) is 0.274. The second kappa shape index (κ2) is 15.0. The second-order valence-corrected chi connectivity index (χ2v) is 6.46. The number of hydrogen-bond acceptors (Lipinski definition) is 2. The van der Waals surface area contributed by atoms with Gasteiger partial charge in [0.2, 0.25) is 0 Å². The van der Waals surface area contributed by atoms with Crippen LogP contribution in [0.25, 0.3) is 0 Å². The number of hydrogen-bond donors (Lipinski definition) is 2. The first kappa shape index (κ1) is 26.0. The summed E-state index contributed by atoms with van der Waals surface area (Å²) in [5, 5.41) is 6.60. The molecule has 0 radical (unpaired) electrons. The summed E-state index contributed by atoms with van der Waals surface area (Å²) < 4.78 is 26.9. The van der Waals surface area contributed by atoms with Gasteiger partial charge in [-0.25, -0.2) is 8.78 Å². The number of guanidine groups is 1. The van der Waals surface area contributed by atoms with Crippen LogP contribution in [0.4, 0.5) is 8.78 Å². The molecule has 0 spiro atoms. The molecule has 0 aliphatic carbocycles. The Balaban J connectivity index is 0.00000676. The fraction of sp³-hybridized carbons (Fsp3) is 0.650. The Labute approximate surface area is 180 Å². The molecule has 0 saturated heterocycles. The molecular formula is C20H35F2IN4. The summed E-state index contributed by atoms with van der Waals surface area (Å²) in [5.74, 6) is -0.0822. The summed E-state index contributed by atoms with van der Waals surface area (Å²) in [6, 6.07) is 3.83. The number of nitrogens with zero attached hydrogens (tertiary/aromatic N) is 2. The van der Waals surface area contributed by atoms with Gasteiger partial charge >= 0.3 is 0 Å². The van der Waals surface area contributed by atoms with Crippen LogP contribution in [0, 0.1) is 11.6 Å². The van der Waals surface area contributed by atoms with Crippen molar-refractivity contribution < 1.29 is 8.78 Å². The SMILES string of the molecule is CCNC(=NCCc1cc(F)ccc1F)NC(C)CCCN(CC)CC.I. The van der Waals surface area contributed by atoms with E-state index in [1.165, 1.54) is 6.07 Å². The maximum Gasteiger partial charge on any atom is 0.191 e. The van der Waals surface area contributed by atoms with Crippen molar-refractivity contribution in [2.45, 2.75) is 53.0 Å². The van der Waals surface area contributed by atoms with Gasteiger partial charge in [-0.15, -0.1) is 24.0 Å². The zero-order chi connectivity index (χ0) is 19.4. The third-order valence-corrected chi connectivity index (χ3v) is 4.39. The van der Waals surface area contributed by atoms with Gasteiger partial charge in [0, 0.05) is 19.1 Å². The molecule has 7 heteroatoms. The minimum atomic E-state index is -0.419. The molecule has 156 valence electrons. The normalized spacial score (nSPS) is 12.6.